The van der Waals surface area contributed by atoms with Gasteiger partial charge in [-0.3, -0.25) is 0 Å². The molecule has 0 saturated heterocycles. The Labute approximate surface area is 71.4 Å². The first-order valence-electron chi connectivity index (χ1n) is 3.65. The van der Waals surface area contributed by atoms with Crippen molar-refractivity contribution in [1.82, 2.24) is 10.6 Å². The topological polar surface area (TPSA) is 70.6 Å². The second-order valence-corrected chi connectivity index (χ2v) is 1.94. The number of rotatable bonds is 6. The molecule has 0 aromatic carbocycles. The molecule has 3 N–H and O–H groups in total. The second kappa shape index (κ2) is 8.03. The van der Waals surface area contributed by atoms with E-state index < -0.39 is 0 Å². The molecule has 5 heteroatoms. The molecule has 0 aromatic rings. The second-order valence-electron chi connectivity index (χ2n) is 1.94. The number of aliphatic hydroxyl groups excluding tert-OH is 1. The predicted molar refractivity (Wildman–Crippen MR) is 44.6 cm³/mol. The average molecular weight is 174 g/mol. The van der Waals surface area contributed by atoms with Crippen LogP contribution in [0.5, 0.6) is 0 Å². The number of nitrogens with one attached hydrogen (secondary N) is 2. The summed E-state index contributed by atoms with van der Waals surface area (Å²) >= 11 is 0. The van der Waals surface area contributed by atoms with Gasteiger partial charge in [-0.25, -0.2) is 4.79 Å². The zero-order valence-electron chi connectivity index (χ0n) is 6.88. The van der Waals surface area contributed by atoms with Gasteiger partial charge in [0.05, 0.1) is 19.8 Å². The van der Waals surface area contributed by atoms with Crippen LogP contribution in [0.25, 0.3) is 0 Å². The van der Waals surface area contributed by atoms with Crippen LogP contribution in [-0.4, -0.2) is 37.5 Å². The van der Waals surface area contributed by atoms with Gasteiger partial charge in [-0.1, -0.05) is 6.58 Å². The van der Waals surface area contributed by atoms with Crippen LogP contribution in [-0.2, 0) is 4.74 Å². The van der Waals surface area contributed by atoms with Crippen molar-refractivity contribution in [3.8, 4) is 0 Å². The van der Waals surface area contributed by atoms with Crippen molar-refractivity contribution < 1.29 is 14.6 Å². The van der Waals surface area contributed by atoms with Crippen molar-refractivity contribution >= 4 is 6.03 Å². The highest BCUT2D eigenvalue weighted by atomic mass is 16.5. The highest BCUT2D eigenvalue weighted by Crippen LogP contribution is 1.71. The Bertz CT molecular complexity index is 139. The number of carbonyl (C=O) groups is 1. The van der Waals surface area contributed by atoms with Crippen LogP contribution in [0, 0.1) is 0 Å². The number of ether oxygens (including phenoxy) is 1. The third-order valence-electron chi connectivity index (χ3n) is 1.00. The molecule has 0 aromatic heterocycles. The van der Waals surface area contributed by atoms with Crippen LogP contribution >= 0.6 is 0 Å². The van der Waals surface area contributed by atoms with Crippen molar-refractivity contribution in [1.29, 1.82) is 0 Å². The molecule has 0 aliphatic heterocycles. The summed E-state index contributed by atoms with van der Waals surface area (Å²) < 4.78 is 4.89. The van der Waals surface area contributed by atoms with Gasteiger partial charge >= 0.3 is 6.03 Å². The molecule has 12 heavy (non-hydrogen) atoms. The SMILES string of the molecule is C=CNC(=O)NCCOCCO. The summed E-state index contributed by atoms with van der Waals surface area (Å²) in [4.78, 5) is 10.7. The number of amides is 2. The molecule has 0 bridgehead atoms. The molecule has 5 nitrogen and oxygen atoms in total. The Balaban J connectivity index is 3.08. The highest BCUT2D eigenvalue weighted by molar-refractivity contribution is 5.74. The van der Waals surface area contributed by atoms with Crippen LogP contribution in [0.2, 0.25) is 0 Å². The zero-order chi connectivity index (χ0) is 9.23. The van der Waals surface area contributed by atoms with Crippen molar-refractivity contribution in [3.63, 3.8) is 0 Å². The van der Waals surface area contributed by atoms with Gasteiger partial charge in [0.25, 0.3) is 0 Å². The Morgan fingerprint density at radius 1 is 1.58 bits per heavy atom. The van der Waals surface area contributed by atoms with Gasteiger partial charge < -0.3 is 20.5 Å². The Morgan fingerprint density at radius 3 is 2.92 bits per heavy atom. The van der Waals surface area contributed by atoms with Gasteiger partial charge in [-0.15, -0.1) is 0 Å². The largest absolute Gasteiger partial charge is 0.394 e. The molecule has 0 rings (SSSR count). The quantitative estimate of drug-likeness (QED) is 0.473. The lowest BCUT2D eigenvalue weighted by Gasteiger charge is -2.04. The minimum Gasteiger partial charge on any atom is -0.394 e. The first-order chi connectivity index (χ1) is 5.81. The molecule has 0 aliphatic rings. The minimum absolute atomic E-state index is 0.00114. The number of hydrogen-bond acceptors (Lipinski definition) is 3. The number of carbonyl (C=O) groups excluding carboxylic acids is 1. The summed E-state index contributed by atoms with van der Waals surface area (Å²) in [5, 5.41) is 13.2. The Kier molecular flexibility index (Phi) is 7.31. The summed E-state index contributed by atoms with van der Waals surface area (Å²) in [5.41, 5.74) is 0. The molecule has 0 aliphatic carbocycles. The Hall–Kier alpha value is -1.07. The van der Waals surface area contributed by atoms with E-state index in [9.17, 15) is 4.79 Å². The van der Waals surface area contributed by atoms with Crippen molar-refractivity contribution in [2.45, 2.75) is 0 Å². The normalized spacial score (nSPS) is 9.08. The molecular weight excluding hydrogens is 160 g/mol. The average Bonchev–Trinajstić information content (AvgIpc) is 2.05. The highest BCUT2D eigenvalue weighted by Gasteiger charge is 1.93. The molecule has 0 radical (unpaired) electrons. The fourth-order valence-electron chi connectivity index (χ4n) is 0.547. The predicted octanol–water partition coefficient (Wildman–Crippen LogP) is -0.562. The first kappa shape index (κ1) is 10.9. The lowest BCUT2D eigenvalue weighted by molar-refractivity contribution is 0.0948. The monoisotopic (exact) mass is 174 g/mol. The van der Waals surface area contributed by atoms with Gasteiger partial charge in [0.1, 0.15) is 0 Å². The number of urea groups is 1. The standard InChI is InChI=1S/C7H14N2O3/c1-2-8-7(11)9-3-5-12-6-4-10/h2,10H,1,3-6H2,(H2,8,9,11). The van der Waals surface area contributed by atoms with Crippen LogP contribution < -0.4 is 10.6 Å². The molecule has 0 spiro atoms. The van der Waals surface area contributed by atoms with Crippen LogP contribution in [0.4, 0.5) is 4.79 Å². The van der Waals surface area contributed by atoms with Gasteiger partial charge in [-0.05, 0) is 6.20 Å². The summed E-state index contributed by atoms with van der Waals surface area (Å²) in [6.07, 6.45) is 1.30. The molecule has 0 saturated carbocycles. The zero-order valence-corrected chi connectivity index (χ0v) is 6.88. The van der Waals surface area contributed by atoms with E-state index in [1.54, 1.807) is 0 Å². The summed E-state index contributed by atoms with van der Waals surface area (Å²) in [6.45, 7) is 4.43. The van der Waals surface area contributed by atoms with E-state index in [1.165, 1.54) is 6.20 Å². The van der Waals surface area contributed by atoms with Crippen LogP contribution in [0.3, 0.4) is 0 Å². The van der Waals surface area contributed by atoms with Crippen molar-refractivity contribution in [2.75, 3.05) is 26.4 Å². The molecular formula is C7H14N2O3. The van der Waals surface area contributed by atoms with Gasteiger partial charge in [0.15, 0.2) is 0 Å². The number of hydrogen-bond donors (Lipinski definition) is 3. The molecule has 70 valence electrons. The molecule has 2 amide bonds. The van der Waals surface area contributed by atoms with Gasteiger partial charge in [-0.2, -0.15) is 0 Å². The molecule has 0 fully saturated rings. The lowest BCUT2D eigenvalue weighted by Crippen LogP contribution is -2.34. The van der Waals surface area contributed by atoms with Crippen molar-refractivity contribution in [3.05, 3.63) is 12.8 Å². The van der Waals surface area contributed by atoms with Crippen LogP contribution in [0.1, 0.15) is 0 Å². The van der Waals surface area contributed by atoms with E-state index in [0.29, 0.717) is 19.8 Å². The lowest BCUT2D eigenvalue weighted by atomic mass is 10.6. The van der Waals surface area contributed by atoms with E-state index in [0.717, 1.165) is 0 Å². The van der Waals surface area contributed by atoms with E-state index in [4.69, 9.17) is 9.84 Å². The molecule has 0 atom stereocenters. The summed E-state index contributed by atoms with van der Waals surface area (Å²) in [5.74, 6) is 0. The molecule has 0 heterocycles. The minimum atomic E-state index is -0.308. The first-order valence-corrected chi connectivity index (χ1v) is 3.65. The van der Waals surface area contributed by atoms with E-state index in [2.05, 4.69) is 17.2 Å². The maximum absolute atomic E-state index is 10.7. The van der Waals surface area contributed by atoms with Crippen LogP contribution in [0.15, 0.2) is 12.8 Å². The maximum Gasteiger partial charge on any atom is 0.318 e. The Morgan fingerprint density at radius 2 is 2.33 bits per heavy atom. The van der Waals surface area contributed by atoms with E-state index in [1.807, 2.05) is 0 Å². The fourth-order valence-corrected chi connectivity index (χ4v) is 0.547. The van der Waals surface area contributed by atoms with Gasteiger partial charge in [0.2, 0.25) is 0 Å². The maximum atomic E-state index is 10.7. The molecule has 0 unspecified atom stereocenters. The third kappa shape index (κ3) is 7.04. The summed E-state index contributed by atoms with van der Waals surface area (Å²) in [6, 6.07) is -0.308. The number of aliphatic hydroxyl groups is 1. The van der Waals surface area contributed by atoms with E-state index >= 15 is 0 Å². The summed E-state index contributed by atoms with van der Waals surface area (Å²) in [7, 11) is 0. The third-order valence-corrected chi connectivity index (χ3v) is 1.00. The van der Waals surface area contributed by atoms with Crippen molar-refractivity contribution in [2.24, 2.45) is 0 Å². The fraction of sp³-hybridized carbons (Fsp3) is 0.571. The smallest absolute Gasteiger partial charge is 0.318 e. The van der Waals surface area contributed by atoms with Gasteiger partial charge in [0, 0.05) is 6.54 Å². The van der Waals surface area contributed by atoms with E-state index in [-0.39, 0.29) is 12.6 Å².